The van der Waals surface area contributed by atoms with Crippen LogP contribution in [0.4, 0.5) is 0 Å². The number of rotatable bonds is 5. The highest BCUT2D eigenvalue weighted by molar-refractivity contribution is 5.89. The van der Waals surface area contributed by atoms with Crippen molar-refractivity contribution < 1.29 is 23.7 Å². The molecule has 2 aliphatic heterocycles. The molecule has 3 rings (SSSR count). The summed E-state index contributed by atoms with van der Waals surface area (Å²) in [4.78, 5) is 11.3. The monoisotopic (exact) mass is 266 g/mol. The zero-order chi connectivity index (χ0) is 13.5. The number of epoxide rings is 2. The van der Waals surface area contributed by atoms with Crippen LogP contribution in [0.5, 0.6) is 0 Å². The minimum absolute atomic E-state index is 0.132. The second-order valence-electron chi connectivity index (χ2n) is 4.33. The van der Waals surface area contributed by atoms with Gasteiger partial charge in [0.05, 0.1) is 25.4 Å². The van der Waals surface area contributed by atoms with Gasteiger partial charge in [-0.3, -0.25) is 0 Å². The summed E-state index contributed by atoms with van der Waals surface area (Å²) in [7, 11) is 1.68. The van der Waals surface area contributed by atoms with Crippen LogP contribution in [-0.4, -0.2) is 51.7 Å². The molecule has 5 nitrogen and oxygen atoms in total. The molecule has 1 aromatic carbocycles. The molecule has 1 aromatic rings. The lowest BCUT2D eigenvalue weighted by Gasteiger charge is -2.01. The summed E-state index contributed by atoms with van der Waals surface area (Å²) in [5.41, 5.74) is 0.586. The highest BCUT2D eigenvalue weighted by Gasteiger charge is 2.24. The molecular formula is C14H18O5. The van der Waals surface area contributed by atoms with Crippen molar-refractivity contribution in [3.05, 3.63) is 35.9 Å². The van der Waals surface area contributed by atoms with E-state index in [0.29, 0.717) is 24.9 Å². The van der Waals surface area contributed by atoms with Gasteiger partial charge < -0.3 is 18.9 Å². The molecule has 2 fully saturated rings. The van der Waals surface area contributed by atoms with Gasteiger partial charge in [0.2, 0.25) is 0 Å². The number of esters is 1. The standard InChI is InChI=1S/C10H10O3.C4H8O2/c11-10(13-7-9-6-12-9)8-4-2-1-3-5-8;1-5-2-4-3-6-4/h1-5,9H,6-7H2;4H,2-3H2,1H3. The number of ether oxygens (including phenoxy) is 4. The number of benzene rings is 1. The second kappa shape index (κ2) is 7.23. The van der Waals surface area contributed by atoms with Gasteiger partial charge in [-0.25, -0.2) is 4.79 Å². The van der Waals surface area contributed by atoms with E-state index in [4.69, 9.17) is 18.9 Å². The topological polar surface area (TPSA) is 60.6 Å². The Balaban J connectivity index is 0.000000186. The number of hydrogen-bond donors (Lipinski definition) is 0. The third-order valence-corrected chi connectivity index (χ3v) is 2.57. The van der Waals surface area contributed by atoms with Gasteiger partial charge in [-0.15, -0.1) is 0 Å². The van der Waals surface area contributed by atoms with E-state index in [2.05, 4.69) is 0 Å². The van der Waals surface area contributed by atoms with E-state index in [1.807, 2.05) is 18.2 Å². The maximum atomic E-state index is 11.3. The van der Waals surface area contributed by atoms with Gasteiger partial charge in [-0.1, -0.05) is 18.2 Å². The molecule has 5 heteroatoms. The summed E-state index contributed by atoms with van der Waals surface area (Å²) in [6.45, 7) is 2.74. The average molecular weight is 266 g/mol. The van der Waals surface area contributed by atoms with Crippen LogP contribution in [0.1, 0.15) is 10.4 Å². The van der Waals surface area contributed by atoms with Gasteiger partial charge in [-0.05, 0) is 12.1 Å². The molecule has 104 valence electrons. The van der Waals surface area contributed by atoms with Crippen LogP contribution in [0.25, 0.3) is 0 Å². The molecule has 0 bridgehead atoms. The predicted octanol–water partition coefficient (Wildman–Crippen LogP) is 1.27. The number of methoxy groups -OCH3 is 1. The second-order valence-corrected chi connectivity index (χ2v) is 4.33. The van der Waals surface area contributed by atoms with Crippen molar-refractivity contribution in [1.82, 2.24) is 0 Å². The quantitative estimate of drug-likeness (QED) is 0.593. The van der Waals surface area contributed by atoms with Gasteiger partial charge in [0.15, 0.2) is 0 Å². The predicted molar refractivity (Wildman–Crippen MR) is 68.1 cm³/mol. The van der Waals surface area contributed by atoms with Gasteiger partial charge in [0, 0.05) is 7.11 Å². The summed E-state index contributed by atoms with van der Waals surface area (Å²) in [6.07, 6.45) is 0.558. The summed E-state index contributed by atoms with van der Waals surface area (Å²) in [5.74, 6) is -0.281. The first-order valence-corrected chi connectivity index (χ1v) is 6.24. The summed E-state index contributed by atoms with van der Waals surface area (Å²) in [5, 5.41) is 0. The molecule has 2 heterocycles. The summed E-state index contributed by atoms with van der Waals surface area (Å²) < 4.78 is 19.5. The Labute approximate surface area is 112 Å². The Morgan fingerprint density at radius 3 is 2.21 bits per heavy atom. The largest absolute Gasteiger partial charge is 0.459 e. The number of carbonyl (C=O) groups is 1. The highest BCUT2D eigenvalue weighted by atomic mass is 16.6. The minimum atomic E-state index is -0.281. The van der Waals surface area contributed by atoms with Crippen LogP contribution in [0, 0.1) is 0 Å². The molecule has 2 aliphatic rings. The van der Waals surface area contributed by atoms with Crippen LogP contribution in [0.2, 0.25) is 0 Å². The molecule has 2 unspecified atom stereocenters. The zero-order valence-corrected chi connectivity index (χ0v) is 10.9. The minimum Gasteiger partial charge on any atom is -0.459 e. The third-order valence-electron chi connectivity index (χ3n) is 2.57. The van der Waals surface area contributed by atoms with Crippen LogP contribution in [-0.2, 0) is 18.9 Å². The van der Waals surface area contributed by atoms with E-state index in [9.17, 15) is 4.79 Å². The lowest BCUT2D eigenvalue weighted by molar-refractivity contribution is 0.0476. The van der Waals surface area contributed by atoms with Crippen molar-refractivity contribution in [3.63, 3.8) is 0 Å². The Morgan fingerprint density at radius 2 is 1.74 bits per heavy atom. The molecule has 0 spiro atoms. The maximum Gasteiger partial charge on any atom is 0.338 e. The maximum absolute atomic E-state index is 11.3. The Kier molecular flexibility index (Phi) is 5.32. The Bertz CT molecular complexity index is 384. The van der Waals surface area contributed by atoms with Gasteiger partial charge >= 0.3 is 5.97 Å². The lowest BCUT2D eigenvalue weighted by Crippen LogP contribution is -2.09. The number of carbonyl (C=O) groups excluding carboxylic acids is 1. The molecule has 0 N–H and O–H groups in total. The Morgan fingerprint density at radius 1 is 1.16 bits per heavy atom. The van der Waals surface area contributed by atoms with E-state index >= 15 is 0 Å². The first-order chi connectivity index (χ1) is 9.29. The fourth-order valence-corrected chi connectivity index (χ4v) is 1.34. The van der Waals surface area contributed by atoms with E-state index < -0.39 is 0 Å². The van der Waals surface area contributed by atoms with Crippen molar-refractivity contribution in [3.8, 4) is 0 Å². The fraction of sp³-hybridized carbons (Fsp3) is 0.500. The van der Waals surface area contributed by atoms with Crippen LogP contribution < -0.4 is 0 Å². The van der Waals surface area contributed by atoms with Crippen LogP contribution >= 0.6 is 0 Å². The van der Waals surface area contributed by atoms with E-state index in [1.165, 1.54) is 0 Å². The van der Waals surface area contributed by atoms with Crippen molar-refractivity contribution >= 4 is 5.97 Å². The molecule has 2 saturated heterocycles. The first kappa shape index (κ1) is 14.0. The molecule has 0 saturated carbocycles. The lowest BCUT2D eigenvalue weighted by atomic mass is 10.2. The molecule has 0 radical (unpaired) electrons. The van der Waals surface area contributed by atoms with E-state index in [0.717, 1.165) is 13.2 Å². The van der Waals surface area contributed by atoms with Crippen molar-refractivity contribution in [2.75, 3.05) is 33.5 Å². The van der Waals surface area contributed by atoms with Crippen LogP contribution in [0.15, 0.2) is 30.3 Å². The molecule has 19 heavy (non-hydrogen) atoms. The molecular weight excluding hydrogens is 248 g/mol. The van der Waals surface area contributed by atoms with Gasteiger partial charge in [0.25, 0.3) is 0 Å². The van der Waals surface area contributed by atoms with Gasteiger partial charge in [-0.2, -0.15) is 0 Å². The van der Waals surface area contributed by atoms with E-state index in [-0.39, 0.29) is 12.1 Å². The normalized spacial score (nSPS) is 23.0. The van der Waals surface area contributed by atoms with Crippen molar-refractivity contribution in [2.24, 2.45) is 0 Å². The van der Waals surface area contributed by atoms with Crippen molar-refractivity contribution in [2.45, 2.75) is 12.2 Å². The molecule has 2 atom stereocenters. The Hall–Kier alpha value is -1.43. The average Bonchev–Trinajstić information content (AvgIpc) is 3.32. The molecule has 0 aliphatic carbocycles. The van der Waals surface area contributed by atoms with Gasteiger partial charge in [0.1, 0.15) is 18.8 Å². The first-order valence-electron chi connectivity index (χ1n) is 6.24. The molecule has 0 aromatic heterocycles. The highest BCUT2D eigenvalue weighted by Crippen LogP contribution is 2.10. The summed E-state index contributed by atoms with van der Waals surface area (Å²) in [6, 6.07) is 8.95. The third kappa shape index (κ3) is 5.83. The number of hydrogen-bond acceptors (Lipinski definition) is 5. The van der Waals surface area contributed by atoms with E-state index in [1.54, 1.807) is 19.2 Å². The van der Waals surface area contributed by atoms with Crippen LogP contribution in [0.3, 0.4) is 0 Å². The summed E-state index contributed by atoms with van der Waals surface area (Å²) >= 11 is 0. The van der Waals surface area contributed by atoms with Crippen molar-refractivity contribution in [1.29, 1.82) is 0 Å². The SMILES string of the molecule is COCC1CO1.O=C(OCC1CO1)c1ccccc1. The molecule has 0 amide bonds. The fourth-order valence-electron chi connectivity index (χ4n) is 1.34. The smallest absolute Gasteiger partial charge is 0.338 e. The zero-order valence-electron chi connectivity index (χ0n) is 10.9.